The molecule has 3 fully saturated rings. The summed E-state index contributed by atoms with van der Waals surface area (Å²) in [5, 5.41) is 9.07. The van der Waals surface area contributed by atoms with Gasteiger partial charge >= 0.3 is 0 Å². The minimum atomic E-state index is -0.915. The fraction of sp³-hybridized carbons (Fsp3) is 0.375. The summed E-state index contributed by atoms with van der Waals surface area (Å²) in [4.78, 5) is 29.8. The summed E-state index contributed by atoms with van der Waals surface area (Å²) >= 11 is 0. The van der Waals surface area contributed by atoms with Crippen LogP contribution in [0.15, 0.2) is 48.5 Å². The maximum absolute atomic E-state index is 13.7. The lowest BCUT2D eigenvalue weighted by Gasteiger charge is -2.37. The topological polar surface area (TPSA) is 73.6 Å². The maximum atomic E-state index is 13.7. The van der Waals surface area contributed by atoms with Crippen LogP contribution in [0, 0.1) is 17.1 Å². The quantitative estimate of drug-likeness (QED) is 0.748. The van der Waals surface area contributed by atoms with Crippen LogP contribution in [0.3, 0.4) is 0 Å². The molecule has 0 unspecified atom stereocenters. The fourth-order valence-corrected chi connectivity index (χ4v) is 5.06. The molecule has 5 rings (SSSR count). The van der Waals surface area contributed by atoms with Crippen molar-refractivity contribution < 1.29 is 18.7 Å². The van der Waals surface area contributed by atoms with Gasteiger partial charge in [0.2, 0.25) is 0 Å². The number of hydrogen-bond donors (Lipinski definition) is 0. The van der Waals surface area contributed by atoms with Gasteiger partial charge in [-0.15, -0.1) is 0 Å². The fourth-order valence-electron chi connectivity index (χ4n) is 5.06. The summed E-state index contributed by atoms with van der Waals surface area (Å²) in [5.41, 5.74) is 0.793. The number of fused-ring (bicyclic) bond motifs is 1. The number of halogens is 1. The first kappa shape index (κ1) is 19.7. The van der Waals surface area contributed by atoms with Crippen molar-refractivity contribution in [2.45, 2.75) is 43.6 Å². The number of rotatable bonds is 2. The zero-order chi connectivity index (χ0) is 21.6. The number of piperidine rings is 1. The van der Waals surface area contributed by atoms with Crippen LogP contribution in [0.25, 0.3) is 0 Å². The van der Waals surface area contributed by atoms with Crippen molar-refractivity contribution in [2.75, 3.05) is 13.1 Å². The third-order valence-corrected chi connectivity index (χ3v) is 6.65. The van der Waals surface area contributed by atoms with E-state index in [2.05, 4.69) is 0 Å². The number of benzene rings is 2. The Balaban J connectivity index is 1.30. The first-order valence-corrected chi connectivity index (χ1v) is 10.6. The van der Waals surface area contributed by atoms with E-state index in [0.29, 0.717) is 37.1 Å². The summed E-state index contributed by atoms with van der Waals surface area (Å²) in [6.07, 6.45) is 2.03. The molecule has 6 nitrogen and oxygen atoms in total. The molecular formula is C24H22FN3O3. The lowest BCUT2D eigenvalue weighted by molar-refractivity contribution is -0.142. The van der Waals surface area contributed by atoms with Gasteiger partial charge in [0.1, 0.15) is 12.0 Å². The van der Waals surface area contributed by atoms with Gasteiger partial charge in [-0.25, -0.2) is 4.39 Å². The van der Waals surface area contributed by atoms with E-state index >= 15 is 0 Å². The van der Waals surface area contributed by atoms with Crippen molar-refractivity contribution in [1.82, 2.24) is 9.80 Å². The minimum absolute atomic E-state index is 0.0529. The standard InChI is InChI=1S/C24H22FN3O3/c25-19-6-2-4-17(14-19)20-7-8-21-28(20)23(30)24(31-21)9-11-27(12-10-24)22(29)18-5-1-3-16(13-18)15-26/h1-6,13-14,20-21H,7-12H2/t20-,21+/m0/s1. The summed E-state index contributed by atoms with van der Waals surface area (Å²) < 4.78 is 20.0. The van der Waals surface area contributed by atoms with Crippen molar-refractivity contribution in [3.8, 4) is 6.07 Å². The largest absolute Gasteiger partial charge is 0.342 e. The summed E-state index contributed by atoms with van der Waals surface area (Å²) in [6.45, 7) is 0.819. The van der Waals surface area contributed by atoms with Crippen molar-refractivity contribution >= 4 is 11.8 Å². The SMILES string of the molecule is N#Cc1cccc(C(=O)N2CCC3(CC2)O[C@@H]2CC[C@@H](c4cccc(F)c4)N2C3=O)c1. The number of ether oxygens (including phenoxy) is 1. The average Bonchev–Trinajstić information content (AvgIpc) is 3.32. The lowest BCUT2D eigenvalue weighted by Crippen LogP contribution is -2.51. The van der Waals surface area contributed by atoms with Crippen molar-refractivity contribution in [1.29, 1.82) is 5.26 Å². The molecule has 0 aromatic heterocycles. The molecule has 2 atom stereocenters. The minimum Gasteiger partial charge on any atom is -0.342 e. The third kappa shape index (κ3) is 3.28. The molecule has 2 aromatic rings. The van der Waals surface area contributed by atoms with Gasteiger partial charge in [0, 0.05) is 31.5 Å². The molecule has 0 bridgehead atoms. The smallest absolute Gasteiger partial charge is 0.257 e. The number of nitriles is 1. The van der Waals surface area contributed by atoms with Crippen molar-refractivity contribution in [3.63, 3.8) is 0 Å². The predicted molar refractivity (Wildman–Crippen MR) is 109 cm³/mol. The molecule has 0 radical (unpaired) electrons. The van der Waals surface area contributed by atoms with Gasteiger partial charge in [0.25, 0.3) is 11.8 Å². The Morgan fingerprint density at radius 2 is 1.90 bits per heavy atom. The van der Waals surface area contributed by atoms with Gasteiger partial charge in [-0.2, -0.15) is 5.26 Å². The monoisotopic (exact) mass is 419 g/mol. The summed E-state index contributed by atoms with van der Waals surface area (Å²) in [7, 11) is 0. The highest BCUT2D eigenvalue weighted by Gasteiger charge is 2.58. The lowest BCUT2D eigenvalue weighted by atomic mass is 9.89. The second-order valence-electron chi connectivity index (χ2n) is 8.41. The van der Waals surface area contributed by atoms with Gasteiger partial charge in [-0.3, -0.25) is 9.59 Å². The van der Waals surface area contributed by atoms with Gasteiger partial charge < -0.3 is 14.5 Å². The van der Waals surface area contributed by atoms with Crippen LogP contribution in [0.5, 0.6) is 0 Å². The molecule has 0 saturated carbocycles. The highest BCUT2D eigenvalue weighted by molar-refractivity contribution is 5.95. The Hall–Kier alpha value is -3.24. The first-order valence-electron chi connectivity index (χ1n) is 10.6. The maximum Gasteiger partial charge on any atom is 0.257 e. The molecule has 0 aliphatic carbocycles. The number of nitrogens with zero attached hydrogens (tertiary/aromatic N) is 3. The van der Waals surface area contributed by atoms with Gasteiger partial charge in [0.05, 0.1) is 17.7 Å². The number of carbonyl (C=O) groups excluding carboxylic acids is 2. The zero-order valence-electron chi connectivity index (χ0n) is 17.0. The highest BCUT2D eigenvalue weighted by Crippen LogP contribution is 2.47. The van der Waals surface area contributed by atoms with Crippen LogP contribution in [0.4, 0.5) is 4.39 Å². The second-order valence-corrected chi connectivity index (χ2v) is 8.41. The average molecular weight is 419 g/mol. The number of hydrogen-bond acceptors (Lipinski definition) is 4. The molecule has 3 aliphatic rings. The van der Waals surface area contributed by atoms with Crippen LogP contribution in [-0.2, 0) is 9.53 Å². The van der Waals surface area contributed by atoms with E-state index in [-0.39, 0.29) is 29.9 Å². The Morgan fingerprint density at radius 3 is 2.65 bits per heavy atom. The van der Waals surface area contributed by atoms with E-state index in [1.165, 1.54) is 12.1 Å². The predicted octanol–water partition coefficient (Wildman–Crippen LogP) is 3.39. The van der Waals surface area contributed by atoms with Gasteiger partial charge in [-0.1, -0.05) is 18.2 Å². The van der Waals surface area contributed by atoms with Crippen molar-refractivity contribution in [3.05, 3.63) is 71.0 Å². The molecule has 2 amide bonds. The Morgan fingerprint density at radius 1 is 1.13 bits per heavy atom. The molecule has 31 heavy (non-hydrogen) atoms. The van der Waals surface area contributed by atoms with E-state index in [4.69, 9.17) is 10.00 Å². The Labute approximate surface area is 179 Å². The van der Waals surface area contributed by atoms with E-state index < -0.39 is 5.60 Å². The van der Waals surface area contributed by atoms with Gasteiger partial charge in [0.15, 0.2) is 5.60 Å². The summed E-state index contributed by atoms with van der Waals surface area (Å²) in [5.74, 6) is -0.506. The van der Waals surface area contributed by atoms with Crippen LogP contribution in [-0.4, -0.2) is 46.5 Å². The van der Waals surface area contributed by atoms with Gasteiger partial charge in [-0.05, 0) is 48.7 Å². The molecule has 3 saturated heterocycles. The zero-order valence-corrected chi connectivity index (χ0v) is 17.0. The Kier molecular flexibility index (Phi) is 4.75. The number of likely N-dealkylation sites (tertiary alicyclic amines) is 1. The van der Waals surface area contributed by atoms with E-state index in [1.54, 1.807) is 40.1 Å². The molecule has 7 heteroatoms. The molecule has 0 N–H and O–H groups in total. The third-order valence-electron chi connectivity index (χ3n) is 6.65. The van der Waals surface area contributed by atoms with Crippen LogP contribution in [0.1, 0.15) is 53.2 Å². The van der Waals surface area contributed by atoms with E-state index in [0.717, 1.165) is 18.4 Å². The first-order chi connectivity index (χ1) is 15.0. The Bertz CT molecular complexity index is 1090. The second kappa shape index (κ2) is 7.47. The van der Waals surface area contributed by atoms with Crippen LogP contribution < -0.4 is 0 Å². The number of carbonyl (C=O) groups is 2. The molecule has 1 spiro atoms. The highest BCUT2D eigenvalue weighted by atomic mass is 19.1. The molecule has 3 aliphatic heterocycles. The van der Waals surface area contributed by atoms with Crippen LogP contribution in [0.2, 0.25) is 0 Å². The van der Waals surface area contributed by atoms with Crippen LogP contribution >= 0.6 is 0 Å². The molecule has 2 aromatic carbocycles. The molecule has 158 valence electrons. The van der Waals surface area contributed by atoms with E-state index in [9.17, 15) is 14.0 Å². The normalized spacial score (nSPS) is 24.3. The molecule has 3 heterocycles. The van der Waals surface area contributed by atoms with Crippen molar-refractivity contribution in [2.24, 2.45) is 0 Å². The number of amides is 2. The van der Waals surface area contributed by atoms with E-state index in [1.807, 2.05) is 12.1 Å². The summed E-state index contributed by atoms with van der Waals surface area (Å²) in [6, 6.07) is 14.9. The molecular weight excluding hydrogens is 397 g/mol.